The summed E-state index contributed by atoms with van der Waals surface area (Å²) in [5.74, 6) is -0.130. The summed E-state index contributed by atoms with van der Waals surface area (Å²) < 4.78 is 5.38. The largest absolute Gasteiger partial charge is 0.397 e. The van der Waals surface area contributed by atoms with Crippen LogP contribution >= 0.6 is 11.6 Å². The average Bonchev–Trinajstić information content (AvgIpc) is 2.40. The topological polar surface area (TPSA) is 68.5 Å². The summed E-state index contributed by atoms with van der Waals surface area (Å²) in [6.45, 7) is 3.71. The van der Waals surface area contributed by atoms with Gasteiger partial charge in [0, 0.05) is 6.54 Å². The van der Waals surface area contributed by atoms with Crippen LogP contribution in [0, 0.1) is 0 Å². The van der Waals surface area contributed by atoms with Gasteiger partial charge in [0.05, 0.1) is 36.7 Å². The van der Waals surface area contributed by atoms with Gasteiger partial charge in [-0.25, -0.2) is 4.98 Å². The van der Waals surface area contributed by atoms with Gasteiger partial charge in [-0.05, 0) is 12.5 Å². The van der Waals surface area contributed by atoms with Gasteiger partial charge in [0.1, 0.15) is 5.15 Å². The van der Waals surface area contributed by atoms with Gasteiger partial charge in [0.25, 0.3) is 5.91 Å². The fourth-order valence-electron chi connectivity index (χ4n) is 2.03. The predicted molar refractivity (Wildman–Crippen MR) is 69.6 cm³/mol. The quantitative estimate of drug-likeness (QED) is 0.828. The van der Waals surface area contributed by atoms with E-state index in [4.69, 9.17) is 22.1 Å². The molecular formula is C12H16ClN3O2. The molecular weight excluding hydrogens is 254 g/mol. The minimum Gasteiger partial charge on any atom is -0.397 e. The van der Waals surface area contributed by atoms with Gasteiger partial charge >= 0.3 is 0 Å². The van der Waals surface area contributed by atoms with E-state index in [0.717, 1.165) is 6.42 Å². The number of hydrogen-bond donors (Lipinski definition) is 1. The van der Waals surface area contributed by atoms with Gasteiger partial charge in [-0.1, -0.05) is 18.5 Å². The van der Waals surface area contributed by atoms with Crippen LogP contribution in [0.1, 0.15) is 23.7 Å². The molecule has 1 aromatic rings. The van der Waals surface area contributed by atoms with Crippen LogP contribution < -0.4 is 5.73 Å². The van der Waals surface area contributed by atoms with Crippen molar-refractivity contribution < 1.29 is 9.53 Å². The van der Waals surface area contributed by atoms with Crippen molar-refractivity contribution in [2.24, 2.45) is 0 Å². The fraction of sp³-hybridized carbons (Fsp3) is 0.500. The molecule has 1 aliphatic rings. The zero-order chi connectivity index (χ0) is 13.1. The molecule has 0 radical (unpaired) electrons. The molecule has 2 N–H and O–H groups in total. The number of anilines is 1. The van der Waals surface area contributed by atoms with E-state index >= 15 is 0 Å². The molecule has 6 heteroatoms. The van der Waals surface area contributed by atoms with Crippen molar-refractivity contribution in [2.75, 3.05) is 25.5 Å². The summed E-state index contributed by atoms with van der Waals surface area (Å²) >= 11 is 5.96. The van der Waals surface area contributed by atoms with Crippen molar-refractivity contribution in [1.29, 1.82) is 0 Å². The lowest BCUT2D eigenvalue weighted by atomic mass is 10.1. The first-order valence-corrected chi connectivity index (χ1v) is 6.31. The van der Waals surface area contributed by atoms with E-state index in [-0.39, 0.29) is 17.1 Å². The summed E-state index contributed by atoms with van der Waals surface area (Å²) in [4.78, 5) is 18.1. The second-order valence-corrected chi connectivity index (χ2v) is 4.60. The highest BCUT2D eigenvalue weighted by Gasteiger charge is 2.28. The Labute approximate surface area is 111 Å². The van der Waals surface area contributed by atoms with E-state index in [9.17, 15) is 4.79 Å². The zero-order valence-electron chi connectivity index (χ0n) is 10.2. The highest BCUT2D eigenvalue weighted by Crippen LogP contribution is 2.21. The van der Waals surface area contributed by atoms with Crippen LogP contribution in [0.5, 0.6) is 0 Å². The number of nitrogens with two attached hydrogens (primary N) is 1. The summed E-state index contributed by atoms with van der Waals surface area (Å²) in [6, 6.07) is 1.66. The van der Waals surface area contributed by atoms with Gasteiger partial charge in [-0.3, -0.25) is 4.79 Å². The Morgan fingerprint density at radius 3 is 3.22 bits per heavy atom. The summed E-state index contributed by atoms with van der Waals surface area (Å²) in [6.07, 6.45) is 2.29. The number of ether oxygens (including phenoxy) is 1. The van der Waals surface area contributed by atoms with Crippen LogP contribution in [0.4, 0.5) is 5.69 Å². The highest BCUT2D eigenvalue weighted by atomic mass is 35.5. The van der Waals surface area contributed by atoms with Crippen molar-refractivity contribution in [2.45, 2.75) is 19.4 Å². The SMILES string of the molecule is CCC1COCCN1C(=O)c1cc(N)cnc1Cl. The number of amides is 1. The Bertz CT molecular complexity index is 453. The molecule has 0 saturated carbocycles. The number of halogens is 1. The van der Waals surface area contributed by atoms with E-state index in [1.165, 1.54) is 6.20 Å². The second-order valence-electron chi connectivity index (χ2n) is 4.24. The lowest BCUT2D eigenvalue weighted by Crippen LogP contribution is -2.48. The molecule has 1 atom stereocenters. The number of pyridine rings is 1. The van der Waals surface area contributed by atoms with E-state index in [0.29, 0.717) is 31.0 Å². The third kappa shape index (κ3) is 2.57. The Balaban J connectivity index is 2.26. The van der Waals surface area contributed by atoms with Crippen molar-refractivity contribution in [3.8, 4) is 0 Å². The second kappa shape index (κ2) is 5.54. The molecule has 18 heavy (non-hydrogen) atoms. The molecule has 1 saturated heterocycles. The van der Waals surface area contributed by atoms with E-state index in [1.807, 2.05) is 6.92 Å². The van der Waals surface area contributed by atoms with Crippen molar-refractivity contribution >= 4 is 23.2 Å². The first-order chi connectivity index (χ1) is 8.63. The molecule has 2 heterocycles. The van der Waals surface area contributed by atoms with Crippen LogP contribution in [-0.4, -0.2) is 41.6 Å². The first kappa shape index (κ1) is 13.1. The molecule has 0 bridgehead atoms. The third-order valence-electron chi connectivity index (χ3n) is 3.05. The third-order valence-corrected chi connectivity index (χ3v) is 3.35. The maximum Gasteiger partial charge on any atom is 0.257 e. The lowest BCUT2D eigenvalue weighted by Gasteiger charge is -2.35. The van der Waals surface area contributed by atoms with Crippen LogP contribution in [0.15, 0.2) is 12.3 Å². The number of nitrogens with zero attached hydrogens (tertiary/aromatic N) is 2. The minimum atomic E-state index is -0.130. The lowest BCUT2D eigenvalue weighted by molar-refractivity contribution is -0.00280. The van der Waals surface area contributed by atoms with Gasteiger partial charge in [-0.15, -0.1) is 0 Å². The number of hydrogen-bond acceptors (Lipinski definition) is 4. The molecule has 1 unspecified atom stereocenters. The summed E-state index contributed by atoms with van der Waals surface area (Å²) in [5.41, 5.74) is 6.44. The number of carbonyl (C=O) groups is 1. The molecule has 0 aliphatic carbocycles. The number of rotatable bonds is 2. The fourth-order valence-corrected chi connectivity index (χ4v) is 2.21. The number of morpholine rings is 1. The molecule has 0 aromatic carbocycles. The van der Waals surface area contributed by atoms with Crippen LogP contribution in [-0.2, 0) is 4.74 Å². The Morgan fingerprint density at radius 1 is 1.72 bits per heavy atom. The van der Waals surface area contributed by atoms with E-state index in [1.54, 1.807) is 11.0 Å². The van der Waals surface area contributed by atoms with Crippen molar-refractivity contribution in [1.82, 2.24) is 9.88 Å². The molecule has 98 valence electrons. The smallest absolute Gasteiger partial charge is 0.257 e. The van der Waals surface area contributed by atoms with E-state index in [2.05, 4.69) is 4.98 Å². The van der Waals surface area contributed by atoms with Gasteiger partial charge < -0.3 is 15.4 Å². The molecule has 1 fully saturated rings. The van der Waals surface area contributed by atoms with E-state index < -0.39 is 0 Å². The standard InChI is InChI=1S/C12H16ClN3O2/c1-2-9-7-18-4-3-16(9)12(17)10-5-8(14)6-15-11(10)13/h5-6,9H,2-4,7,14H2,1H3. The van der Waals surface area contributed by atoms with Crippen LogP contribution in [0.25, 0.3) is 0 Å². The van der Waals surface area contributed by atoms with Crippen LogP contribution in [0.3, 0.4) is 0 Å². The minimum absolute atomic E-state index is 0.0868. The Kier molecular flexibility index (Phi) is 4.04. The normalized spacial score (nSPS) is 19.9. The monoisotopic (exact) mass is 269 g/mol. The van der Waals surface area contributed by atoms with Crippen LogP contribution in [0.2, 0.25) is 5.15 Å². The number of aromatic nitrogens is 1. The molecule has 5 nitrogen and oxygen atoms in total. The molecule has 2 rings (SSSR count). The molecule has 0 spiro atoms. The molecule has 1 amide bonds. The molecule has 1 aromatic heterocycles. The predicted octanol–water partition coefficient (Wildman–Crippen LogP) is 1.57. The summed E-state index contributed by atoms with van der Waals surface area (Å²) in [5, 5.41) is 0.190. The average molecular weight is 270 g/mol. The Hall–Kier alpha value is -1.33. The first-order valence-electron chi connectivity index (χ1n) is 5.93. The maximum absolute atomic E-state index is 12.4. The number of carbonyl (C=O) groups excluding carboxylic acids is 1. The Morgan fingerprint density at radius 2 is 2.50 bits per heavy atom. The highest BCUT2D eigenvalue weighted by molar-refractivity contribution is 6.32. The maximum atomic E-state index is 12.4. The van der Waals surface area contributed by atoms with Gasteiger partial charge in [0.15, 0.2) is 0 Å². The zero-order valence-corrected chi connectivity index (χ0v) is 11.0. The van der Waals surface area contributed by atoms with Gasteiger partial charge in [0.2, 0.25) is 0 Å². The van der Waals surface area contributed by atoms with Gasteiger partial charge in [-0.2, -0.15) is 0 Å². The number of nitrogen functional groups attached to an aromatic ring is 1. The molecule has 1 aliphatic heterocycles. The van der Waals surface area contributed by atoms with Crippen molar-refractivity contribution in [3.63, 3.8) is 0 Å². The summed E-state index contributed by atoms with van der Waals surface area (Å²) in [7, 11) is 0. The van der Waals surface area contributed by atoms with Crippen molar-refractivity contribution in [3.05, 3.63) is 23.0 Å².